The molecule has 2 heterocycles. The average Bonchev–Trinajstić information content (AvgIpc) is 2.84. The average molecular weight is 328 g/mol. The predicted octanol–water partition coefficient (Wildman–Crippen LogP) is 2.65. The van der Waals surface area contributed by atoms with E-state index in [9.17, 15) is 0 Å². The van der Waals surface area contributed by atoms with Crippen LogP contribution in [-0.4, -0.2) is 26.4 Å². The van der Waals surface area contributed by atoms with Crippen LogP contribution >= 0.6 is 15.9 Å². The molecule has 1 saturated heterocycles. The van der Waals surface area contributed by atoms with Gasteiger partial charge in [-0.3, -0.25) is 0 Å². The molecule has 3 rings (SSSR count). The number of hydrogen-bond donors (Lipinski definition) is 1. The van der Waals surface area contributed by atoms with Crippen molar-refractivity contribution in [3.05, 3.63) is 22.2 Å². The Labute approximate surface area is 121 Å². The van der Waals surface area contributed by atoms with Gasteiger partial charge in [-0.1, -0.05) is 15.9 Å². The first-order valence-corrected chi connectivity index (χ1v) is 7.47. The molecule has 0 bridgehead atoms. The Kier molecular flexibility index (Phi) is 3.96. The largest absolute Gasteiger partial charge is 0.490 e. The summed E-state index contributed by atoms with van der Waals surface area (Å²) < 4.78 is 17.8. The Balaban J connectivity index is 1.90. The van der Waals surface area contributed by atoms with Crippen molar-refractivity contribution >= 4 is 15.9 Å². The monoisotopic (exact) mass is 327 g/mol. The van der Waals surface area contributed by atoms with Crippen LogP contribution in [0.5, 0.6) is 11.5 Å². The van der Waals surface area contributed by atoms with Gasteiger partial charge in [0.25, 0.3) is 0 Å². The summed E-state index contributed by atoms with van der Waals surface area (Å²) in [5, 5.41) is 0. The lowest BCUT2D eigenvalue weighted by molar-refractivity contribution is 0.181. The van der Waals surface area contributed by atoms with Crippen LogP contribution < -0.4 is 15.2 Å². The number of halogens is 1. The lowest BCUT2D eigenvalue weighted by Crippen LogP contribution is -2.22. The summed E-state index contributed by atoms with van der Waals surface area (Å²) in [6.07, 6.45) is 1.92. The molecule has 0 radical (unpaired) electrons. The van der Waals surface area contributed by atoms with Gasteiger partial charge in [-0.05, 0) is 24.1 Å². The van der Waals surface area contributed by atoms with Gasteiger partial charge in [-0.2, -0.15) is 0 Å². The van der Waals surface area contributed by atoms with Gasteiger partial charge in [-0.25, -0.2) is 0 Å². The highest BCUT2D eigenvalue weighted by Crippen LogP contribution is 2.39. The molecular formula is C14H18BrNO3. The van der Waals surface area contributed by atoms with Gasteiger partial charge in [0, 0.05) is 29.5 Å². The fourth-order valence-electron chi connectivity index (χ4n) is 2.54. The van der Waals surface area contributed by atoms with Gasteiger partial charge >= 0.3 is 0 Å². The maximum absolute atomic E-state index is 6.37. The van der Waals surface area contributed by atoms with Crippen LogP contribution in [0.2, 0.25) is 0 Å². The van der Waals surface area contributed by atoms with Gasteiger partial charge < -0.3 is 19.9 Å². The van der Waals surface area contributed by atoms with Crippen molar-refractivity contribution in [3.63, 3.8) is 0 Å². The molecule has 0 aliphatic carbocycles. The molecule has 0 spiro atoms. The summed E-state index contributed by atoms with van der Waals surface area (Å²) in [7, 11) is 0. The molecule has 2 atom stereocenters. The van der Waals surface area contributed by atoms with Gasteiger partial charge in [0.05, 0.1) is 19.8 Å². The van der Waals surface area contributed by atoms with E-state index in [4.69, 9.17) is 19.9 Å². The second-order valence-electron chi connectivity index (χ2n) is 5.02. The molecule has 0 aromatic heterocycles. The number of hydrogen-bond acceptors (Lipinski definition) is 4. The van der Waals surface area contributed by atoms with E-state index < -0.39 is 0 Å². The van der Waals surface area contributed by atoms with Crippen LogP contribution in [0.15, 0.2) is 16.6 Å². The Hall–Kier alpha value is -0.780. The molecule has 4 nitrogen and oxygen atoms in total. The van der Waals surface area contributed by atoms with E-state index in [0.29, 0.717) is 19.1 Å². The van der Waals surface area contributed by atoms with Crippen LogP contribution in [0.3, 0.4) is 0 Å². The lowest BCUT2D eigenvalue weighted by atomic mass is 9.93. The van der Waals surface area contributed by atoms with Crippen molar-refractivity contribution in [2.45, 2.75) is 18.9 Å². The number of nitrogens with two attached hydrogens (primary N) is 1. The van der Waals surface area contributed by atoms with Gasteiger partial charge in [0.1, 0.15) is 0 Å². The summed E-state index contributed by atoms with van der Waals surface area (Å²) in [6, 6.07) is 3.94. The van der Waals surface area contributed by atoms with Crippen LogP contribution in [0.4, 0.5) is 0 Å². The Bertz CT molecular complexity index is 460. The second-order valence-corrected chi connectivity index (χ2v) is 5.87. The summed E-state index contributed by atoms with van der Waals surface area (Å²) in [5.74, 6) is 1.97. The van der Waals surface area contributed by atoms with Gasteiger partial charge in [0.15, 0.2) is 11.5 Å². The fourth-order valence-corrected chi connectivity index (χ4v) is 3.13. The van der Waals surface area contributed by atoms with E-state index in [1.165, 1.54) is 0 Å². The zero-order valence-electron chi connectivity index (χ0n) is 10.7. The SMILES string of the molecule is NC(c1cc2c(cc1Br)OCCCO2)C1CCOC1. The number of fused-ring (bicyclic) bond motifs is 1. The summed E-state index contributed by atoms with van der Waals surface area (Å²) in [4.78, 5) is 0. The highest BCUT2D eigenvalue weighted by molar-refractivity contribution is 9.10. The molecule has 0 saturated carbocycles. The maximum Gasteiger partial charge on any atom is 0.162 e. The first kappa shape index (κ1) is 13.2. The topological polar surface area (TPSA) is 53.7 Å². The third kappa shape index (κ3) is 2.73. The van der Waals surface area contributed by atoms with E-state index in [0.717, 1.165) is 47.6 Å². The van der Waals surface area contributed by atoms with Crippen LogP contribution in [0.25, 0.3) is 0 Å². The molecule has 2 aliphatic heterocycles. The molecular weight excluding hydrogens is 310 g/mol. The summed E-state index contributed by atoms with van der Waals surface area (Å²) in [6.45, 7) is 2.93. The normalized spacial score (nSPS) is 24.0. The Morgan fingerprint density at radius 1 is 1.16 bits per heavy atom. The third-order valence-corrected chi connectivity index (χ3v) is 4.39. The minimum atomic E-state index is -0.0333. The zero-order chi connectivity index (χ0) is 13.2. The minimum Gasteiger partial charge on any atom is -0.490 e. The van der Waals surface area contributed by atoms with E-state index in [-0.39, 0.29) is 6.04 Å². The number of ether oxygens (including phenoxy) is 3. The molecule has 5 heteroatoms. The third-order valence-electron chi connectivity index (χ3n) is 3.70. The zero-order valence-corrected chi connectivity index (χ0v) is 12.3. The molecule has 1 fully saturated rings. The Morgan fingerprint density at radius 2 is 1.89 bits per heavy atom. The molecule has 0 amide bonds. The van der Waals surface area contributed by atoms with E-state index in [2.05, 4.69) is 15.9 Å². The summed E-state index contributed by atoms with van der Waals surface area (Å²) in [5.41, 5.74) is 7.44. The van der Waals surface area contributed by atoms with Gasteiger partial charge in [-0.15, -0.1) is 0 Å². The smallest absolute Gasteiger partial charge is 0.162 e. The lowest BCUT2D eigenvalue weighted by Gasteiger charge is -2.21. The predicted molar refractivity (Wildman–Crippen MR) is 75.6 cm³/mol. The van der Waals surface area contributed by atoms with Crippen molar-refractivity contribution in [2.24, 2.45) is 11.7 Å². The van der Waals surface area contributed by atoms with Crippen molar-refractivity contribution in [2.75, 3.05) is 26.4 Å². The summed E-state index contributed by atoms with van der Waals surface area (Å²) >= 11 is 3.59. The van der Waals surface area contributed by atoms with Crippen molar-refractivity contribution in [1.82, 2.24) is 0 Å². The molecule has 19 heavy (non-hydrogen) atoms. The highest BCUT2D eigenvalue weighted by Gasteiger charge is 2.27. The second kappa shape index (κ2) is 5.69. The van der Waals surface area contributed by atoms with E-state index >= 15 is 0 Å². The number of rotatable bonds is 2. The van der Waals surface area contributed by atoms with Crippen molar-refractivity contribution in [3.8, 4) is 11.5 Å². The molecule has 2 N–H and O–H groups in total. The van der Waals surface area contributed by atoms with Crippen LogP contribution in [0, 0.1) is 5.92 Å². The van der Waals surface area contributed by atoms with E-state index in [1.807, 2.05) is 12.1 Å². The minimum absolute atomic E-state index is 0.0333. The molecule has 104 valence electrons. The van der Waals surface area contributed by atoms with Crippen LogP contribution in [0.1, 0.15) is 24.4 Å². The highest BCUT2D eigenvalue weighted by atomic mass is 79.9. The van der Waals surface area contributed by atoms with Gasteiger partial charge in [0.2, 0.25) is 0 Å². The fraction of sp³-hybridized carbons (Fsp3) is 0.571. The standard InChI is InChI=1S/C14H18BrNO3/c15-11-7-13-12(18-3-1-4-19-13)6-10(11)14(16)9-2-5-17-8-9/h6-7,9,14H,1-5,8,16H2. The van der Waals surface area contributed by atoms with Crippen molar-refractivity contribution in [1.29, 1.82) is 0 Å². The molecule has 2 unspecified atom stereocenters. The van der Waals surface area contributed by atoms with Crippen LogP contribution in [-0.2, 0) is 4.74 Å². The molecule has 1 aromatic carbocycles. The number of benzene rings is 1. The molecule has 1 aromatic rings. The first-order valence-electron chi connectivity index (χ1n) is 6.68. The molecule has 2 aliphatic rings. The maximum atomic E-state index is 6.37. The quantitative estimate of drug-likeness (QED) is 0.907. The Morgan fingerprint density at radius 3 is 2.58 bits per heavy atom. The van der Waals surface area contributed by atoms with Crippen molar-refractivity contribution < 1.29 is 14.2 Å². The van der Waals surface area contributed by atoms with E-state index in [1.54, 1.807) is 0 Å². The first-order chi connectivity index (χ1) is 9.25.